The van der Waals surface area contributed by atoms with Crippen molar-refractivity contribution < 1.29 is 9.18 Å². The SMILES string of the molecule is O=C(CNc1ccc(Br)c(F)c1)NC1CCCCCC1. The lowest BCUT2D eigenvalue weighted by atomic mass is 10.1. The average Bonchev–Trinajstić information content (AvgIpc) is 2.69. The van der Waals surface area contributed by atoms with Gasteiger partial charge in [0.1, 0.15) is 5.82 Å². The fraction of sp³-hybridized carbons (Fsp3) is 0.533. The van der Waals surface area contributed by atoms with Crippen molar-refractivity contribution in [2.24, 2.45) is 0 Å². The van der Waals surface area contributed by atoms with Gasteiger partial charge in [0.2, 0.25) is 5.91 Å². The van der Waals surface area contributed by atoms with E-state index >= 15 is 0 Å². The Balaban J connectivity index is 1.77. The van der Waals surface area contributed by atoms with Crippen LogP contribution in [0.1, 0.15) is 38.5 Å². The lowest BCUT2D eigenvalue weighted by Crippen LogP contribution is -2.38. The number of benzene rings is 1. The van der Waals surface area contributed by atoms with Gasteiger partial charge in [0.15, 0.2) is 0 Å². The number of hydrogen-bond acceptors (Lipinski definition) is 2. The number of rotatable bonds is 4. The van der Waals surface area contributed by atoms with E-state index in [2.05, 4.69) is 26.6 Å². The molecule has 0 heterocycles. The summed E-state index contributed by atoms with van der Waals surface area (Å²) in [5.74, 6) is -0.362. The second kappa shape index (κ2) is 7.62. The standard InChI is InChI=1S/C15H20BrFN2O/c16-13-8-7-12(9-14(13)17)18-10-15(20)19-11-5-3-1-2-4-6-11/h7-9,11,18H,1-6,10H2,(H,19,20). The minimum atomic E-state index is -0.334. The van der Waals surface area contributed by atoms with Crippen LogP contribution in [0.4, 0.5) is 10.1 Å². The van der Waals surface area contributed by atoms with Crippen LogP contribution in [0.2, 0.25) is 0 Å². The first-order chi connectivity index (χ1) is 9.65. The van der Waals surface area contributed by atoms with Crippen LogP contribution < -0.4 is 10.6 Å². The predicted molar refractivity (Wildman–Crippen MR) is 82.2 cm³/mol. The Morgan fingerprint density at radius 3 is 2.60 bits per heavy atom. The molecule has 1 amide bonds. The summed E-state index contributed by atoms with van der Waals surface area (Å²) in [4.78, 5) is 11.9. The van der Waals surface area contributed by atoms with Crippen LogP contribution in [0.15, 0.2) is 22.7 Å². The third-order valence-electron chi connectivity index (χ3n) is 3.59. The molecule has 0 atom stereocenters. The van der Waals surface area contributed by atoms with Gasteiger partial charge < -0.3 is 10.6 Å². The van der Waals surface area contributed by atoms with Crippen molar-refractivity contribution in [3.63, 3.8) is 0 Å². The largest absolute Gasteiger partial charge is 0.376 e. The normalized spacial score (nSPS) is 16.5. The molecule has 1 aliphatic carbocycles. The molecule has 0 aliphatic heterocycles. The summed E-state index contributed by atoms with van der Waals surface area (Å²) in [5, 5.41) is 6.00. The molecule has 0 bridgehead atoms. The first kappa shape index (κ1) is 15.3. The molecule has 0 saturated heterocycles. The Morgan fingerprint density at radius 1 is 1.25 bits per heavy atom. The van der Waals surface area contributed by atoms with Gasteiger partial charge in [0.05, 0.1) is 11.0 Å². The molecule has 1 aliphatic rings. The van der Waals surface area contributed by atoms with Gasteiger partial charge in [0, 0.05) is 11.7 Å². The van der Waals surface area contributed by atoms with Crippen molar-refractivity contribution in [1.29, 1.82) is 0 Å². The summed E-state index contributed by atoms with van der Waals surface area (Å²) < 4.78 is 13.8. The third kappa shape index (κ3) is 4.78. The monoisotopic (exact) mass is 342 g/mol. The molecule has 3 nitrogen and oxygen atoms in total. The number of nitrogens with one attached hydrogen (secondary N) is 2. The lowest BCUT2D eigenvalue weighted by molar-refractivity contribution is -0.120. The summed E-state index contributed by atoms with van der Waals surface area (Å²) in [6.45, 7) is 0.178. The molecule has 5 heteroatoms. The van der Waals surface area contributed by atoms with Crippen molar-refractivity contribution in [1.82, 2.24) is 5.32 Å². The Bertz CT molecular complexity index is 459. The highest BCUT2D eigenvalue weighted by Gasteiger charge is 2.14. The highest BCUT2D eigenvalue weighted by Crippen LogP contribution is 2.19. The van der Waals surface area contributed by atoms with E-state index < -0.39 is 0 Å². The van der Waals surface area contributed by atoms with E-state index in [1.165, 1.54) is 31.7 Å². The zero-order valence-electron chi connectivity index (χ0n) is 11.4. The Kier molecular flexibility index (Phi) is 5.83. The molecule has 1 saturated carbocycles. The molecule has 1 aromatic carbocycles. The van der Waals surface area contributed by atoms with Gasteiger partial charge in [-0.3, -0.25) is 4.79 Å². The zero-order valence-corrected chi connectivity index (χ0v) is 13.0. The molecule has 2 N–H and O–H groups in total. The first-order valence-corrected chi connectivity index (χ1v) is 7.93. The number of halogens is 2. The summed E-state index contributed by atoms with van der Waals surface area (Å²) in [7, 11) is 0. The van der Waals surface area contributed by atoms with Crippen molar-refractivity contribution in [3.8, 4) is 0 Å². The molecule has 0 radical (unpaired) electrons. The quantitative estimate of drug-likeness (QED) is 0.816. The Morgan fingerprint density at radius 2 is 1.95 bits per heavy atom. The molecule has 2 rings (SSSR count). The van der Waals surface area contributed by atoms with Gasteiger partial charge in [-0.2, -0.15) is 0 Å². The summed E-state index contributed by atoms with van der Waals surface area (Å²) in [5.41, 5.74) is 0.613. The molecule has 0 unspecified atom stereocenters. The second-order valence-corrected chi connectivity index (χ2v) is 6.09. The average molecular weight is 343 g/mol. The summed E-state index contributed by atoms with van der Waals surface area (Å²) in [6, 6.07) is 5.05. The first-order valence-electron chi connectivity index (χ1n) is 7.13. The number of carbonyl (C=O) groups excluding carboxylic acids is 1. The van der Waals surface area contributed by atoms with E-state index in [4.69, 9.17) is 0 Å². The maximum absolute atomic E-state index is 13.3. The molecule has 1 fully saturated rings. The van der Waals surface area contributed by atoms with Gasteiger partial charge >= 0.3 is 0 Å². The van der Waals surface area contributed by atoms with Gasteiger partial charge in [-0.25, -0.2) is 4.39 Å². The number of carbonyl (C=O) groups is 1. The van der Waals surface area contributed by atoms with E-state index in [0.717, 1.165) is 12.8 Å². The van der Waals surface area contributed by atoms with E-state index in [9.17, 15) is 9.18 Å². The van der Waals surface area contributed by atoms with Crippen molar-refractivity contribution >= 4 is 27.5 Å². The molecule has 0 aromatic heterocycles. The number of anilines is 1. The number of amides is 1. The molecule has 20 heavy (non-hydrogen) atoms. The fourth-order valence-electron chi connectivity index (χ4n) is 2.49. The highest BCUT2D eigenvalue weighted by molar-refractivity contribution is 9.10. The van der Waals surface area contributed by atoms with Crippen LogP contribution in [0.3, 0.4) is 0 Å². The van der Waals surface area contributed by atoms with Crippen molar-refractivity contribution in [3.05, 3.63) is 28.5 Å². The van der Waals surface area contributed by atoms with Gasteiger partial charge in [0.25, 0.3) is 0 Å². The maximum atomic E-state index is 13.3. The van der Waals surface area contributed by atoms with Crippen molar-refractivity contribution in [2.45, 2.75) is 44.6 Å². The summed E-state index contributed by atoms with van der Waals surface area (Å²) in [6.07, 6.45) is 7.05. The van der Waals surface area contributed by atoms with Crippen LogP contribution in [-0.4, -0.2) is 18.5 Å². The molecule has 1 aromatic rings. The minimum absolute atomic E-state index is 0.0276. The molecule has 110 valence electrons. The Labute approximate surface area is 127 Å². The number of hydrogen-bond donors (Lipinski definition) is 2. The fourth-order valence-corrected chi connectivity index (χ4v) is 2.74. The molecular formula is C15H20BrFN2O. The van der Waals surface area contributed by atoms with Gasteiger partial charge in [-0.05, 0) is 47.0 Å². The predicted octanol–water partition coefficient (Wildman–Crippen LogP) is 3.84. The smallest absolute Gasteiger partial charge is 0.239 e. The van der Waals surface area contributed by atoms with Crippen LogP contribution >= 0.6 is 15.9 Å². The Hall–Kier alpha value is -1.10. The van der Waals surface area contributed by atoms with E-state index in [1.807, 2.05) is 0 Å². The van der Waals surface area contributed by atoms with Gasteiger partial charge in [-0.1, -0.05) is 25.7 Å². The minimum Gasteiger partial charge on any atom is -0.376 e. The molecule has 0 spiro atoms. The zero-order chi connectivity index (χ0) is 14.4. The van der Waals surface area contributed by atoms with E-state index in [0.29, 0.717) is 16.2 Å². The van der Waals surface area contributed by atoms with E-state index in [1.54, 1.807) is 12.1 Å². The lowest BCUT2D eigenvalue weighted by Gasteiger charge is -2.16. The van der Waals surface area contributed by atoms with E-state index in [-0.39, 0.29) is 18.3 Å². The van der Waals surface area contributed by atoms with Gasteiger partial charge in [-0.15, -0.1) is 0 Å². The van der Waals surface area contributed by atoms with Crippen LogP contribution in [-0.2, 0) is 4.79 Å². The maximum Gasteiger partial charge on any atom is 0.239 e. The molecular weight excluding hydrogens is 323 g/mol. The van der Waals surface area contributed by atoms with Crippen LogP contribution in [0.5, 0.6) is 0 Å². The second-order valence-electron chi connectivity index (χ2n) is 5.24. The topological polar surface area (TPSA) is 41.1 Å². The van der Waals surface area contributed by atoms with Crippen LogP contribution in [0, 0.1) is 5.82 Å². The van der Waals surface area contributed by atoms with Crippen molar-refractivity contribution in [2.75, 3.05) is 11.9 Å². The third-order valence-corrected chi connectivity index (χ3v) is 4.24. The summed E-state index contributed by atoms with van der Waals surface area (Å²) >= 11 is 3.10. The van der Waals surface area contributed by atoms with Crippen LogP contribution in [0.25, 0.3) is 0 Å². The highest BCUT2D eigenvalue weighted by atomic mass is 79.9.